The molecule has 1 rings (SSSR count). The average Bonchev–Trinajstić information content (AvgIpc) is 1.96. The molecule has 12 heavy (non-hydrogen) atoms. The van der Waals surface area contributed by atoms with E-state index in [2.05, 4.69) is 10.3 Å². The molecule has 1 aromatic heterocycles. The molecule has 0 fully saturated rings. The van der Waals surface area contributed by atoms with E-state index in [1.165, 1.54) is 6.92 Å². The highest BCUT2D eigenvalue weighted by Gasteiger charge is 1.97. The average molecular weight is 278 g/mol. The third-order valence-corrected chi connectivity index (χ3v) is 2.02. The number of anilines is 1. The van der Waals surface area contributed by atoms with Crippen LogP contribution in [0.15, 0.2) is 16.9 Å². The van der Waals surface area contributed by atoms with E-state index >= 15 is 0 Å². The van der Waals surface area contributed by atoms with Crippen LogP contribution in [-0.4, -0.2) is 10.9 Å². The number of hydrogen-bond donors (Lipinski definition) is 2. The molecular weight excluding hydrogens is 271 g/mol. The summed E-state index contributed by atoms with van der Waals surface area (Å²) >= 11 is 1.92. The van der Waals surface area contributed by atoms with Crippen LogP contribution in [0.4, 0.5) is 5.82 Å². The lowest BCUT2D eigenvalue weighted by molar-refractivity contribution is -0.114. The minimum absolute atomic E-state index is 0.193. The fourth-order valence-electron chi connectivity index (χ4n) is 0.718. The predicted octanol–water partition coefficient (Wildman–Crippen LogP) is 0.938. The first-order valence-corrected chi connectivity index (χ1v) is 4.34. The van der Waals surface area contributed by atoms with Crippen molar-refractivity contribution in [2.24, 2.45) is 0 Å². The lowest BCUT2D eigenvalue weighted by atomic mass is 10.4. The Morgan fingerprint density at radius 2 is 2.25 bits per heavy atom. The molecule has 0 aliphatic heterocycles. The van der Waals surface area contributed by atoms with Crippen molar-refractivity contribution >= 4 is 34.3 Å². The number of rotatable bonds is 1. The van der Waals surface area contributed by atoms with Gasteiger partial charge >= 0.3 is 0 Å². The van der Waals surface area contributed by atoms with Crippen LogP contribution in [0, 0.1) is 3.57 Å². The molecule has 0 atom stereocenters. The SMILES string of the molecule is CC(=O)Nc1ccc(I)c(=O)[nH]1. The molecule has 0 spiro atoms. The molecule has 1 amide bonds. The van der Waals surface area contributed by atoms with E-state index in [1.807, 2.05) is 22.6 Å². The Bertz CT molecular complexity index is 359. The van der Waals surface area contributed by atoms with Crippen molar-refractivity contribution in [2.45, 2.75) is 6.92 Å². The molecule has 0 aromatic carbocycles. The summed E-state index contributed by atoms with van der Waals surface area (Å²) in [5.41, 5.74) is -0.193. The third kappa shape index (κ3) is 2.33. The van der Waals surface area contributed by atoms with Crippen molar-refractivity contribution in [3.8, 4) is 0 Å². The van der Waals surface area contributed by atoms with Crippen LogP contribution in [-0.2, 0) is 4.79 Å². The number of halogens is 1. The first-order chi connectivity index (χ1) is 5.59. The summed E-state index contributed by atoms with van der Waals surface area (Å²) in [5, 5.41) is 2.48. The van der Waals surface area contributed by atoms with Crippen LogP contribution in [0.1, 0.15) is 6.92 Å². The van der Waals surface area contributed by atoms with Crippen molar-refractivity contribution in [3.05, 3.63) is 26.1 Å². The minimum Gasteiger partial charge on any atom is -0.312 e. The van der Waals surface area contributed by atoms with Crippen LogP contribution in [0.3, 0.4) is 0 Å². The highest BCUT2D eigenvalue weighted by molar-refractivity contribution is 14.1. The van der Waals surface area contributed by atoms with Gasteiger partial charge in [-0.15, -0.1) is 0 Å². The summed E-state index contributed by atoms with van der Waals surface area (Å²) in [6.45, 7) is 1.39. The molecule has 0 saturated heterocycles. The van der Waals surface area contributed by atoms with E-state index < -0.39 is 0 Å². The summed E-state index contributed by atoms with van der Waals surface area (Å²) in [5.74, 6) is 0.222. The lowest BCUT2D eigenvalue weighted by Gasteiger charge is -2.00. The summed E-state index contributed by atoms with van der Waals surface area (Å²) in [6, 6.07) is 3.29. The molecule has 0 aliphatic carbocycles. The molecule has 0 unspecified atom stereocenters. The number of aromatic amines is 1. The van der Waals surface area contributed by atoms with Gasteiger partial charge in [0.1, 0.15) is 5.82 Å². The van der Waals surface area contributed by atoms with Crippen molar-refractivity contribution in [1.82, 2.24) is 4.98 Å². The van der Waals surface area contributed by atoms with Crippen LogP contribution in [0.25, 0.3) is 0 Å². The second-order valence-corrected chi connectivity index (χ2v) is 3.39. The zero-order chi connectivity index (χ0) is 9.14. The minimum atomic E-state index is -0.202. The number of pyridine rings is 1. The first kappa shape index (κ1) is 9.24. The maximum atomic E-state index is 11.0. The molecule has 1 heterocycles. The topological polar surface area (TPSA) is 62.0 Å². The maximum Gasteiger partial charge on any atom is 0.262 e. The van der Waals surface area contributed by atoms with E-state index in [-0.39, 0.29) is 11.5 Å². The predicted molar refractivity (Wildman–Crippen MR) is 54.1 cm³/mol. The molecule has 4 nitrogen and oxygen atoms in total. The zero-order valence-corrected chi connectivity index (χ0v) is 8.51. The fourth-order valence-corrected chi connectivity index (χ4v) is 1.03. The molecule has 0 bridgehead atoms. The largest absolute Gasteiger partial charge is 0.312 e. The molecule has 0 aliphatic rings. The Labute approximate surface area is 82.5 Å². The van der Waals surface area contributed by atoms with Crippen LogP contribution in [0.5, 0.6) is 0 Å². The molecule has 64 valence electrons. The number of carbonyl (C=O) groups is 1. The van der Waals surface area contributed by atoms with Gasteiger partial charge in [0.15, 0.2) is 0 Å². The van der Waals surface area contributed by atoms with Gasteiger partial charge < -0.3 is 10.3 Å². The Morgan fingerprint density at radius 1 is 1.58 bits per heavy atom. The highest BCUT2D eigenvalue weighted by atomic mass is 127. The van der Waals surface area contributed by atoms with Gasteiger partial charge in [0.2, 0.25) is 5.91 Å². The second-order valence-electron chi connectivity index (χ2n) is 2.23. The molecule has 0 radical (unpaired) electrons. The Kier molecular flexibility index (Phi) is 2.85. The smallest absolute Gasteiger partial charge is 0.262 e. The van der Waals surface area contributed by atoms with Crippen molar-refractivity contribution in [3.63, 3.8) is 0 Å². The van der Waals surface area contributed by atoms with E-state index in [4.69, 9.17) is 0 Å². The monoisotopic (exact) mass is 278 g/mol. The van der Waals surface area contributed by atoms with Crippen molar-refractivity contribution in [2.75, 3.05) is 5.32 Å². The van der Waals surface area contributed by atoms with Gasteiger partial charge in [-0.3, -0.25) is 9.59 Å². The van der Waals surface area contributed by atoms with Gasteiger partial charge in [0.05, 0.1) is 3.57 Å². The number of hydrogen-bond acceptors (Lipinski definition) is 2. The van der Waals surface area contributed by atoms with Gasteiger partial charge in [-0.05, 0) is 34.7 Å². The first-order valence-electron chi connectivity index (χ1n) is 3.26. The van der Waals surface area contributed by atoms with Crippen LogP contribution < -0.4 is 10.9 Å². The standard InChI is InChI=1S/C7H7IN2O2/c1-4(11)9-6-3-2-5(8)7(12)10-6/h2-3H,1H3,(H2,9,10,11,12). The normalized spacial score (nSPS) is 9.50. The molecule has 0 saturated carbocycles. The van der Waals surface area contributed by atoms with Crippen LogP contribution in [0.2, 0.25) is 0 Å². The van der Waals surface area contributed by atoms with Crippen molar-refractivity contribution in [1.29, 1.82) is 0 Å². The highest BCUT2D eigenvalue weighted by Crippen LogP contribution is 2.01. The molecule has 1 aromatic rings. The molecule has 5 heteroatoms. The summed E-state index contributed by atoms with van der Waals surface area (Å²) in [7, 11) is 0. The quantitative estimate of drug-likeness (QED) is 0.751. The van der Waals surface area contributed by atoms with Crippen LogP contribution >= 0.6 is 22.6 Å². The molecular formula is C7H7IN2O2. The van der Waals surface area contributed by atoms with E-state index in [0.29, 0.717) is 9.39 Å². The number of amides is 1. The van der Waals surface area contributed by atoms with E-state index in [9.17, 15) is 9.59 Å². The zero-order valence-electron chi connectivity index (χ0n) is 6.35. The number of H-pyrrole nitrogens is 1. The fraction of sp³-hybridized carbons (Fsp3) is 0.143. The van der Waals surface area contributed by atoms with Gasteiger partial charge in [0.25, 0.3) is 5.56 Å². The molecule has 2 N–H and O–H groups in total. The van der Waals surface area contributed by atoms with Gasteiger partial charge in [0, 0.05) is 6.92 Å². The van der Waals surface area contributed by atoms with Gasteiger partial charge in [-0.1, -0.05) is 0 Å². The van der Waals surface area contributed by atoms with Gasteiger partial charge in [-0.25, -0.2) is 0 Å². The lowest BCUT2D eigenvalue weighted by Crippen LogP contribution is -2.15. The van der Waals surface area contributed by atoms with E-state index in [0.717, 1.165) is 0 Å². The Hall–Kier alpha value is -0.850. The maximum absolute atomic E-state index is 11.0. The summed E-state index contributed by atoms with van der Waals surface area (Å²) < 4.78 is 0.599. The second kappa shape index (κ2) is 3.70. The van der Waals surface area contributed by atoms with Crippen molar-refractivity contribution < 1.29 is 4.79 Å². The third-order valence-electron chi connectivity index (χ3n) is 1.17. The Morgan fingerprint density at radius 3 is 2.75 bits per heavy atom. The van der Waals surface area contributed by atoms with Gasteiger partial charge in [-0.2, -0.15) is 0 Å². The van der Waals surface area contributed by atoms with E-state index in [1.54, 1.807) is 12.1 Å². The number of carbonyl (C=O) groups excluding carboxylic acids is 1. The Balaban J connectivity index is 2.97. The summed E-state index contributed by atoms with van der Waals surface area (Å²) in [4.78, 5) is 24.1. The number of aromatic nitrogens is 1. The number of nitrogens with one attached hydrogen (secondary N) is 2. The summed E-state index contributed by atoms with van der Waals surface area (Å²) in [6.07, 6.45) is 0.